The summed E-state index contributed by atoms with van der Waals surface area (Å²) in [6.07, 6.45) is -0.00327. The minimum absolute atomic E-state index is 0.00327. The molecule has 0 amide bonds. The molecular formula is C17H18N4O6-2. The summed E-state index contributed by atoms with van der Waals surface area (Å²) in [5, 5.41) is 52.4. The van der Waals surface area contributed by atoms with Crippen LogP contribution in [0.15, 0.2) is 46.9 Å². The van der Waals surface area contributed by atoms with Gasteiger partial charge in [-0.2, -0.15) is 5.26 Å². The van der Waals surface area contributed by atoms with Crippen LogP contribution in [0.5, 0.6) is 0 Å². The van der Waals surface area contributed by atoms with E-state index in [4.69, 9.17) is 15.2 Å². The number of esters is 1. The van der Waals surface area contributed by atoms with Crippen LogP contribution in [0, 0.1) is 21.7 Å². The standard InChI is InChI=1S/C17H18N4O6/c1-10-14(17(22)27-8-4-7-18)15(16(21(25)26)11(2)19-10)12-5-3-6-13(9-12)20(23)24/h3,5-6,9,15,19,23,25H,4,8H2,1-2H3/q-2. The Hall–Kier alpha value is -3.10. The molecule has 10 nitrogen and oxygen atoms in total. The summed E-state index contributed by atoms with van der Waals surface area (Å²) in [7, 11) is 0. The van der Waals surface area contributed by atoms with E-state index in [1.54, 1.807) is 13.8 Å². The lowest BCUT2D eigenvalue weighted by atomic mass is 9.84. The van der Waals surface area contributed by atoms with Crippen molar-refractivity contribution in [2.75, 3.05) is 11.8 Å². The Morgan fingerprint density at radius 2 is 2.00 bits per heavy atom. The van der Waals surface area contributed by atoms with Gasteiger partial charge in [-0.05, 0) is 31.5 Å². The fraction of sp³-hybridized carbons (Fsp3) is 0.294. The Morgan fingerprint density at radius 3 is 2.59 bits per heavy atom. The SMILES string of the molecule is CC1=C(C(=O)OCCC#N)C(c2cccc(N([O-])O)c2)C(N([O-])O)=C(C)N1. The largest absolute Gasteiger partial charge is 0.734 e. The van der Waals surface area contributed by atoms with Gasteiger partial charge in [0.1, 0.15) is 6.61 Å². The molecule has 0 saturated carbocycles. The van der Waals surface area contributed by atoms with E-state index in [1.807, 2.05) is 6.07 Å². The molecule has 27 heavy (non-hydrogen) atoms. The van der Waals surface area contributed by atoms with Crippen LogP contribution in [0.25, 0.3) is 0 Å². The predicted molar refractivity (Wildman–Crippen MR) is 93.5 cm³/mol. The third-order valence-corrected chi connectivity index (χ3v) is 4.02. The van der Waals surface area contributed by atoms with Crippen LogP contribution in [0.4, 0.5) is 5.69 Å². The Balaban J connectivity index is 2.56. The number of nitrogens with zero attached hydrogens (tertiary/aromatic N) is 3. The van der Waals surface area contributed by atoms with Crippen LogP contribution in [0.3, 0.4) is 0 Å². The number of dihydropyridines is 1. The third kappa shape index (κ3) is 4.36. The molecule has 144 valence electrons. The van der Waals surface area contributed by atoms with Crippen molar-refractivity contribution < 1.29 is 19.9 Å². The first-order chi connectivity index (χ1) is 12.8. The highest BCUT2D eigenvalue weighted by atomic mass is 16.8. The van der Waals surface area contributed by atoms with Crippen LogP contribution in [-0.4, -0.2) is 28.2 Å². The smallest absolute Gasteiger partial charge is 0.336 e. The van der Waals surface area contributed by atoms with E-state index in [-0.39, 0.29) is 40.4 Å². The van der Waals surface area contributed by atoms with Crippen molar-refractivity contribution in [3.05, 3.63) is 62.9 Å². The Labute approximate surface area is 155 Å². The highest BCUT2D eigenvalue weighted by Crippen LogP contribution is 2.40. The Bertz CT molecular complexity index is 825. The van der Waals surface area contributed by atoms with E-state index in [2.05, 4.69) is 5.32 Å². The molecule has 0 fully saturated rings. The zero-order valence-corrected chi connectivity index (χ0v) is 14.7. The van der Waals surface area contributed by atoms with Crippen LogP contribution in [-0.2, 0) is 9.53 Å². The van der Waals surface area contributed by atoms with Gasteiger partial charge < -0.3 is 30.9 Å². The maximum Gasteiger partial charge on any atom is 0.336 e. The molecule has 0 spiro atoms. The van der Waals surface area contributed by atoms with Crippen LogP contribution in [0.1, 0.15) is 31.7 Å². The molecule has 1 heterocycles. The van der Waals surface area contributed by atoms with E-state index >= 15 is 0 Å². The Kier molecular flexibility index (Phi) is 6.38. The molecule has 10 heteroatoms. The number of nitriles is 1. The summed E-state index contributed by atoms with van der Waals surface area (Å²) >= 11 is 0. The monoisotopic (exact) mass is 374 g/mol. The molecular weight excluding hydrogens is 356 g/mol. The molecule has 2 rings (SSSR count). The molecule has 3 N–H and O–H groups in total. The average molecular weight is 374 g/mol. The summed E-state index contributed by atoms with van der Waals surface area (Å²) in [4.78, 5) is 12.6. The van der Waals surface area contributed by atoms with Crippen molar-refractivity contribution in [3.63, 3.8) is 0 Å². The normalized spacial score (nSPS) is 16.6. The van der Waals surface area contributed by atoms with Crippen LogP contribution in [0.2, 0.25) is 0 Å². The molecule has 0 bridgehead atoms. The summed E-state index contributed by atoms with van der Waals surface area (Å²) in [6.45, 7) is 3.00. The maximum absolute atomic E-state index is 12.6. The lowest BCUT2D eigenvalue weighted by molar-refractivity contribution is -0.139. The zero-order chi connectivity index (χ0) is 20.1. The van der Waals surface area contributed by atoms with Crippen molar-refractivity contribution >= 4 is 11.7 Å². The second kappa shape index (κ2) is 8.52. The molecule has 1 aromatic rings. The van der Waals surface area contributed by atoms with E-state index in [1.165, 1.54) is 24.3 Å². The van der Waals surface area contributed by atoms with Gasteiger partial charge in [-0.1, -0.05) is 12.1 Å². The van der Waals surface area contributed by atoms with Crippen LogP contribution >= 0.6 is 0 Å². The molecule has 1 aliphatic heterocycles. The van der Waals surface area contributed by atoms with Gasteiger partial charge in [0, 0.05) is 11.4 Å². The van der Waals surface area contributed by atoms with Gasteiger partial charge in [-0.15, -0.1) is 0 Å². The molecule has 1 atom stereocenters. The molecule has 1 aromatic carbocycles. The number of carbonyl (C=O) groups is 1. The highest BCUT2D eigenvalue weighted by Gasteiger charge is 2.35. The van der Waals surface area contributed by atoms with Gasteiger partial charge >= 0.3 is 5.97 Å². The van der Waals surface area contributed by atoms with Gasteiger partial charge in [0.05, 0.1) is 35.4 Å². The number of anilines is 1. The first-order valence-corrected chi connectivity index (χ1v) is 7.92. The van der Waals surface area contributed by atoms with E-state index in [0.717, 1.165) is 0 Å². The average Bonchev–Trinajstić information content (AvgIpc) is 2.60. The number of carbonyl (C=O) groups excluding carboxylic acids is 1. The number of nitrogens with one attached hydrogen (secondary N) is 1. The molecule has 0 saturated heterocycles. The number of hydrogen-bond acceptors (Lipinski definition) is 10. The second-order valence-corrected chi connectivity index (χ2v) is 5.79. The molecule has 0 aromatic heterocycles. The van der Waals surface area contributed by atoms with Crippen molar-refractivity contribution in [2.45, 2.75) is 26.2 Å². The quantitative estimate of drug-likeness (QED) is 0.383. The minimum Gasteiger partial charge on any atom is -0.734 e. The first-order valence-electron chi connectivity index (χ1n) is 7.92. The van der Waals surface area contributed by atoms with Gasteiger partial charge in [0.2, 0.25) is 0 Å². The minimum atomic E-state index is -1.05. The lowest BCUT2D eigenvalue weighted by Gasteiger charge is -2.38. The molecule has 1 unspecified atom stereocenters. The topological polar surface area (TPSA) is 155 Å². The van der Waals surface area contributed by atoms with E-state index < -0.39 is 11.9 Å². The van der Waals surface area contributed by atoms with Gasteiger partial charge in [-0.3, -0.25) is 10.4 Å². The maximum atomic E-state index is 12.6. The van der Waals surface area contributed by atoms with E-state index in [9.17, 15) is 20.4 Å². The summed E-state index contributed by atoms with van der Waals surface area (Å²) in [5.41, 5.74) is 0.750. The predicted octanol–water partition coefficient (Wildman–Crippen LogP) is 2.22. The highest BCUT2D eigenvalue weighted by molar-refractivity contribution is 5.92. The fourth-order valence-electron chi connectivity index (χ4n) is 2.92. The van der Waals surface area contributed by atoms with E-state index in [0.29, 0.717) is 17.0 Å². The Morgan fingerprint density at radius 1 is 1.30 bits per heavy atom. The summed E-state index contributed by atoms with van der Waals surface area (Å²) in [6, 6.07) is 7.47. The van der Waals surface area contributed by atoms with Crippen molar-refractivity contribution in [1.29, 1.82) is 5.26 Å². The molecule has 1 aliphatic rings. The number of rotatable bonds is 6. The second-order valence-electron chi connectivity index (χ2n) is 5.79. The number of hydroxylamine groups is 2. The van der Waals surface area contributed by atoms with Gasteiger partial charge in [0.25, 0.3) is 0 Å². The fourth-order valence-corrected chi connectivity index (χ4v) is 2.92. The number of allylic oxidation sites excluding steroid dienone is 3. The zero-order valence-electron chi connectivity index (χ0n) is 14.7. The third-order valence-electron chi connectivity index (χ3n) is 4.02. The lowest BCUT2D eigenvalue weighted by Crippen LogP contribution is -2.33. The van der Waals surface area contributed by atoms with Crippen molar-refractivity contribution in [1.82, 2.24) is 10.5 Å². The van der Waals surface area contributed by atoms with Crippen molar-refractivity contribution in [2.24, 2.45) is 0 Å². The number of hydrogen-bond donors (Lipinski definition) is 3. The van der Waals surface area contributed by atoms with Gasteiger partial charge in [0.15, 0.2) is 0 Å². The van der Waals surface area contributed by atoms with Gasteiger partial charge in [-0.25, -0.2) is 4.79 Å². The number of ether oxygens (including phenoxy) is 1. The summed E-state index contributed by atoms with van der Waals surface area (Å²) in [5.74, 6) is -1.83. The summed E-state index contributed by atoms with van der Waals surface area (Å²) < 4.78 is 5.08. The first kappa shape index (κ1) is 20.2. The number of benzene rings is 1. The van der Waals surface area contributed by atoms with Crippen LogP contribution < -0.4 is 10.5 Å². The molecule has 0 radical (unpaired) electrons. The van der Waals surface area contributed by atoms with Crippen molar-refractivity contribution in [3.8, 4) is 6.07 Å². The molecule has 0 aliphatic carbocycles.